The maximum Gasteiger partial charge on any atom is 0.226 e. The Hall–Kier alpha value is -2.22. The molecule has 0 unspecified atom stereocenters. The molecule has 1 aromatic carbocycles. The normalized spacial score (nSPS) is 17.7. The number of piperidine rings is 1. The standard InChI is InChI=1S/C26H22Br2ClN3O2/c27-20-12-19-2-1-18-13-21(29)14-22(28)24(18)25(26(19)30-15-20)17-5-7-31(8-6-17)23(33)11-16-3-9-32(34)10-4-16/h1-4,9-10,12-15,17,25H,5-8,11H2/t25-/m0/s1. The lowest BCUT2D eigenvalue weighted by Gasteiger charge is -2.37. The Bertz CT molecular complexity index is 1270. The third-order valence-electron chi connectivity index (χ3n) is 6.68. The molecule has 0 bridgehead atoms. The first-order valence-corrected chi connectivity index (χ1v) is 13.1. The average Bonchev–Trinajstić information content (AvgIpc) is 2.97. The second-order valence-corrected chi connectivity index (χ2v) is 11.0. The van der Waals surface area contributed by atoms with Gasteiger partial charge in [0.2, 0.25) is 5.91 Å². The molecule has 174 valence electrons. The largest absolute Gasteiger partial charge is 0.619 e. The van der Waals surface area contributed by atoms with Gasteiger partial charge in [0.15, 0.2) is 12.4 Å². The summed E-state index contributed by atoms with van der Waals surface area (Å²) in [7, 11) is 0. The summed E-state index contributed by atoms with van der Waals surface area (Å²) in [6.45, 7) is 1.41. The van der Waals surface area contributed by atoms with Crippen molar-refractivity contribution in [3.63, 3.8) is 0 Å². The Labute approximate surface area is 220 Å². The summed E-state index contributed by atoms with van der Waals surface area (Å²) in [6.07, 6.45) is 11.0. The molecule has 3 aromatic rings. The Morgan fingerprint density at radius 3 is 2.56 bits per heavy atom. The van der Waals surface area contributed by atoms with Crippen LogP contribution in [0.4, 0.5) is 0 Å². The van der Waals surface area contributed by atoms with Crippen molar-refractivity contribution < 1.29 is 9.52 Å². The van der Waals surface area contributed by atoms with Crippen LogP contribution in [0.5, 0.6) is 0 Å². The zero-order valence-electron chi connectivity index (χ0n) is 18.3. The minimum atomic E-state index is 0.0959. The Morgan fingerprint density at radius 1 is 1.12 bits per heavy atom. The van der Waals surface area contributed by atoms with Crippen molar-refractivity contribution in [1.29, 1.82) is 0 Å². The van der Waals surface area contributed by atoms with Gasteiger partial charge in [0, 0.05) is 51.3 Å². The molecule has 3 heterocycles. The van der Waals surface area contributed by atoms with E-state index in [1.807, 2.05) is 23.2 Å². The van der Waals surface area contributed by atoms with Gasteiger partial charge in [-0.05, 0) is 75.1 Å². The van der Waals surface area contributed by atoms with Gasteiger partial charge >= 0.3 is 0 Å². The molecule has 5 nitrogen and oxygen atoms in total. The van der Waals surface area contributed by atoms with Gasteiger partial charge in [0.1, 0.15) is 0 Å². The van der Waals surface area contributed by atoms with Crippen molar-refractivity contribution >= 4 is 61.5 Å². The number of amides is 1. The summed E-state index contributed by atoms with van der Waals surface area (Å²) in [5.41, 5.74) is 5.30. The first kappa shape index (κ1) is 23.5. The number of carbonyl (C=O) groups is 1. The molecule has 1 aliphatic heterocycles. The van der Waals surface area contributed by atoms with Gasteiger partial charge in [-0.25, -0.2) is 0 Å². The van der Waals surface area contributed by atoms with Crippen molar-refractivity contribution in [2.75, 3.05) is 13.1 Å². The van der Waals surface area contributed by atoms with Crippen LogP contribution in [-0.4, -0.2) is 28.9 Å². The molecule has 5 rings (SSSR count). The van der Waals surface area contributed by atoms with Crippen molar-refractivity contribution in [3.05, 3.63) is 96.0 Å². The molecule has 2 aromatic heterocycles. The van der Waals surface area contributed by atoms with Gasteiger partial charge < -0.3 is 10.1 Å². The van der Waals surface area contributed by atoms with E-state index in [0.29, 0.717) is 30.5 Å². The maximum atomic E-state index is 12.9. The highest BCUT2D eigenvalue weighted by Gasteiger charge is 2.35. The summed E-state index contributed by atoms with van der Waals surface area (Å²) in [6, 6.07) is 9.48. The molecule has 34 heavy (non-hydrogen) atoms. The van der Waals surface area contributed by atoms with Crippen molar-refractivity contribution in [2.45, 2.75) is 25.2 Å². The second kappa shape index (κ2) is 9.80. The molecule has 1 aliphatic carbocycles. The smallest absolute Gasteiger partial charge is 0.226 e. The molecule has 0 N–H and O–H groups in total. The van der Waals surface area contributed by atoms with Crippen LogP contribution in [0.25, 0.3) is 12.2 Å². The molecule has 0 spiro atoms. The fourth-order valence-corrected chi connectivity index (χ4v) is 6.46. The van der Waals surface area contributed by atoms with E-state index in [0.717, 1.165) is 48.9 Å². The van der Waals surface area contributed by atoms with E-state index in [-0.39, 0.29) is 11.8 Å². The molecule has 8 heteroatoms. The van der Waals surface area contributed by atoms with Crippen LogP contribution in [0, 0.1) is 11.1 Å². The van der Waals surface area contributed by atoms with Gasteiger partial charge in [-0.3, -0.25) is 9.78 Å². The number of pyridine rings is 2. The molecule has 1 saturated heterocycles. The number of halogens is 3. The van der Waals surface area contributed by atoms with E-state index in [1.165, 1.54) is 18.0 Å². The SMILES string of the molecule is O=C(Cc1cc[n+]([O-])cc1)N1CCC([C@@H]2c3ncc(Br)cc3C=Cc3cc(Cl)cc(Br)c32)CC1. The molecular formula is C26H22Br2ClN3O2. The molecule has 0 radical (unpaired) electrons. The second-order valence-electron chi connectivity index (χ2n) is 8.79. The van der Waals surface area contributed by atoms with Crippen molar-refractivity contribution in [1.82, 2.24) is 9.88 Å². The zero-order chi connectivity index (χ0) is 23.8. The van der Waals surface area contributed by atoms with Crippen LogP contribution in [0.2, 0.25) is 5.02 Å². The molecule has 1 atom stereocenters. The van der Waals surface area contributed by atoms with Crippen LogP contribution in [-0.2, 0) is 11.2 Å². The minimum absolute atomic E-state index is 0.0959. The monoisotopic (exact) mass is 601 g/mol. The average molecular weight is 604 g/mol. The Balaban J connectivity index is 1.40. The fourth-order valence-electron chi connectivity index (χ4n) is 5.03. The maximum absolute atomic E-state index is 12.9. The van der Waals surface area contributed by atoms with Gasteiger partial charge in [-0.1, -0.05) is 39.7 Å². The summed E-state index contributed by atoms with van der Waals surface area (Å²) < 4.78 is 2.66. The number of hydrogen-bond acceptors (Lipinski definition) is 3. The molecule has 1 amide bonds. The summed E-state index contributed by atoms with van der Waals surface area (Å²) >= 11 is 13.7. The van der Waals surface area contributed by atoms with Crippen molar-refractivity contribution in [2.24, 2.45) is 5.92 Å². The minimum Gasteiger partial charge on any atom is -0.619 e. The molecule has 2 aliphatic rings. The number of rotatable bonds is 3. The molecule has 0 saturated carbocycles. The van der Waals surface area contributed by atoms with Gasteiger partial charge in [-0.15, -0.1) is 0 Å². The Kier molecular flexibility index (Phi) is 6.78. The fraction of sp³-hybridized carbons (Fsp3) is 0.269. The lowest BCUT2D eigenvalue weighted by atomic mass is 9.76. The molecule has 1 fully saturated rings. The van der Waals surface area contributed by atoms with E-state index in [4.69, 9.17) is 16.6 Å². The number of nitrogens with zero attached hydrogens (tertiary/aromatic N) is 3. The first-order chi connectivity index (χ1) is 16.4. The van der Waals surface area contributed by atoms with Gasteiger partial charge in [-0.2, -0.15) is 4.73 Å². The first-order valence-electron chi connectivity index (χ1n) is 11.2. The van der Waals surface area contributed by atoms with Crippen LogP contribution in [0.1, 0.15) is 46.7 Å². The summed E-state index contributed by atoms with van der Waals surface area (Å²) in [4.78, 5) is 19.7. The predicted octanol–water partition coefficient (Wildman–Crippen LogP) is 5.99. The summed E-state index contributed by atoms with van der Waals surface area (Å²) in [5.74, 6) is 0.530. The van der Waals surface area contributed by atoms with E-state index in [1.54, 1.807) is 12.1 Å². The third-order valence-corrected chi connectivity index (χ3v) is 7.99. The highest BCUT2D eigenvalue weighted by molar-refractivity contribution is 9.10. The predicted molar refractivity (Wildman–Crippen MR) is 140 cm³/mol. The highest BCUT2D eigenvalue weighted by Crippen LogP contribution is 2.46. The number of likely N-dealkylation sites (tertiary alicyclic amines) is 1. The zero-order valence-corrected chi connectivity index (χ0v) is 22.2. The van der Waals surface area contributed by atoms with Gasteiger partial charge in [0.25, 0.3) is 0 Å². The van der Waals surface area contributed by atoms with E-state index < -0.39 is 0 Å². The van der Waals surface area contributed by atoms with Crippen LogP contribution in [0.15, 0.2) is 57.9 Å². The van der Waals surface area contributed by atoms with Crippen LogP contribution in [0.3, 0.4) is 0 Å². The molecular weight excluding hydrogens is 582 g/mol. The topological polar surface area (TPSA) is 60.1 Å². The number of hydrogen-bond donors (Lipinski definition) is 0. The number of carbonyl (C=O) groups excluding carboxylic acids is 1. The highest BCUT2D eigenvalue weighted by atomic mass is 79.9. The van der Waals surface area contributed by atoms with E-state index in [9.17, 15) is 10.0 Å². The van der Waals surface area contributed by atoms with E-state index >= 15 is 0 Å². The quantitative estimate of drug-likeness (QED) is 0.273. The number of fused-ring (bicyclic) bond motifs is 2. The summed E-state index contributed by atoms with van der Waals surface area (Å²) in [5, 5.41) is 11.9. The number of benzene rings is 1. The van der Waals surface area contributed by atoms with Crippen LogP contribution < -0.4 is 4.73 Å². The lowest BCUT2D eigenvalue weighted by Crippen LogP contribution is -2.41. The third kappa shape index (κ3) is 4.79. The number of aromatic nitrogens is 2. The van der Waals surface area contributed by atoms with Crippen LogP contribution >= 0.6 is 43.5 Å². The Morgan fingerprint density at radius 2 is 1.82 bits per heavy atom. The van der Waals surface area contributed by atoms with Gasteiger partial charge in [0.05, 0.1) is 12.1 Å². The van der Waals surface area contributed by atoms with E-state index in [2.05, 4.69) is 50.1 Å². The van der Waals surface area contributed by atoms with Crippen molar-refractivity contribution in [3.8, 4) is 0 Å². The lowest BCUT2D eigenvalue weighted by molar-refractivity contribution is -0.605.